The third-order valence-electron chi connectivity index (χ3n) is 4.02. The van der Waals surface area contributed by atoms with E-state index in [4.69, 9.17) is 15.9 Å². The Morgan fingerprint density at radius 2 is 1.56 bits per heavy atom. The average molecular weight is 455 g/mol. The number of aliphatic imine (C=N–C) groups is 1. The molecular formula is C19H29N5O8. The number of amides is 3. The molecule has 13 nitrogen and oxygen atoms in total. The van der Waals surface area contributed by atoms with Gasteiger partial charge in [0.05, 0.1) is 6.42 Å². The summed E-state index contributed by atoms with van der Waals surface area (Å²) in [4.78, 5) is 60.5. The summed E-state index contributed by atoms with van der Waals surface area (Å²) in [5.74, 6) is -4.28. The highest BCUT2D eigenvalue weighted by Gasteiger charge is 2.24. The number of carbonyl (C=O) groups is 5. The van der Waals surface area contributed by atoms with Crippen LogP contribution in [-0.4, -0.2) is 70.0 Å². The van der Waals surface area contributed by atoms with E-state index in [1.54, 1.807) is 0 Å². The van der Waals surface area contributed by atoms with Crippen molar-refractivity contribution in [2.45, 2.75) is 50.6 Å². The molecule has 2 atom stereocenters. The van der Waals surface area contributed by atoms with Gasteiger partial charge in [0.25, 0.3) is 0 Å². The average Bonchev–Trinajstić information content (AvgIpc) is 2.72. The summed E-state index contributed by atoms with van der Waals surface area (Å²) in [6, 6.07) is -3.80. The Kier molecular flexibility index (Phi) is 13.9. The lowest BCUT2D eigenvalue weighted by molar-refractivity contribution is -0.140. The number of nitrogens with zero attached hydrogens (tertiary/aromatic N) is 1. The minimum Gasteiger partial charge on any atom is -0.481 e. The van der Waals surface area contributed by atoms with E-state index in [0.717, 1.165) is 0 Å². The number of carbonyl (C=O) groups excluding carboxylic acids is 2. The normalized spacial score (nSPS) is 13.1. The van der Waals surface area contributed by atoms with Gasteiger partial charge in [-0.15, -0.1) is 0 Å². The zero-order chi connectivity index (χ0) is 24.5. The van der Waals surface area contributed by atoms with Crippen LogP contribution in [-0.2, 0) is 19.2 Å². The molecule has 0 heterocycles. The first kappa shape index (κ1) is 28.1. The van der Waals surface area contributed by atoms with E-state index in [1.165, 1.54) is 18.6 Å². The summed E-state index contributed by atoms with van der Waals surface area (Å²) in [6.45, 7) is 3.68. The number of nitrogens with one attached hydrogen (secondary N) is 3. The predicted molar refractivity (Wildman–Crippen MR) is 114 cm³/mol. The van der Waals surface area contributed by atoms with Crippen LogP contribution in [0.25, 0.3) is 0 Å². The van der Waals surface area contributed by atoms with Crippen LogP contribution in [0.4, 0.5) is 4.79 Å². The Labute approximate surface area is 184 Å². The van der Waals surface area contributed by atoms with Crippen molar-refractivity contribution >= 4 is 36.1 Å². The largest absolute Gasteiger partial charge is 0.481 e. The summed E-state index contributed by atoms with van der Waals surface area (Å²) in [6.07, 6.45) is 3.94. The molecule has 0 fully saturated rings. The Morgan fingerprint density at radius 1 is 0.969 bits per heavy atom. The van der Waals surface area contributed by atoms with Crippen LogP contribution < -0.4 is 21.7 Å². The topological polar surface area (TPSA) is 221 Å². The predicted octanol–water partition coefficient (Wildman–Crippen LogP) is -0.210. The van der Waals surface area contributed by atoms with E-state index in [1.807, 2.05) is 5.32 Å². The van der Waals surface area contributed by atoms with Crippen LogP contribution in [0, 0.1) is 0 Å². The maximum Gasteiger partial charge on any atom is 0.326 e. The second-order valence-corrected chi connectivity index (χ2v) is 6.56. The van der Waals surface area contributed by atoms with Gasteiger partial charge in [0, 0.05) is 25.4 Å². The highest BCUT2D eigenvalue weighted by atomic mass is 16.4. The second kappa shape index (κ2) is 15.9. The molecule has 3 amide bonds. The standard InChI is InChI=1S/C19H29N5O8/c1-2-21-11-12(10-20)9-15(25)22-8-4-3-5-13(17(28)29)23-19(32)24-14(18(30)31)6-7-16(26)27/h2,10-11,13-14H,1,3-9,20H2,(H,22,25)(H,26,27)(H,28,29)(H,30,31)(H2,23,24,32)/b12-10-,21-11?/t13-,14-/m0/s1. The first-order valence-corrected chi connectivity index (χ1v) is 9.66. The van der Waals surface area contributed by atoms with Gasteiger partial charge >= 0.3 is 23.9 Å². The van der Waals surface area contributed by atoms with E-state index >= 15 is 0 Å². The number of carboxylic acids is 3. The summed E-state index contributed by atoms with van der Waals surface area (Å²) >= 11 is 0. The molecule has 0 aliphatic heterocycles. The van der Waals surface area contributed by atoms with Crippen LogP contribution in [0.3, 0.4) is 0 Å². The van der Waals surface area contributed by atoms with Gasteiger partial charge in [-0.1, -0.05) is 6.58 Å². The van der Waals surface area contributed by atoms with E-state index in [-0.39, 0.29) is 31.7 Å². The molecule has 0 unspecified atom stereocenters. The number of aliphatic carboxylic acids is 3. The number of urea groups is 1. The van der Waals surface area contributed by atoms with E-state index in [9.17, 15) is 29.1 Å². The quantitative estimate of drug-likeness (QED) is 0.121. The van der Waals surface area contributed by atoms with Crippen molar-refractivity contribution in [1.82, 2.24) is 16.0 Å². The Hall–Kier alpha value is -3.90. The Bertz CT molecular complexity index is 750. The molecule has 0 aromatic carbocycles. The van der Waals surface area contributed by atoms with Crippen molar-refractivity contribution in [1.29, 1.82) is 0 Å². The van der Waals surface area contributed by atoms with E-state index < -0.39 is 42.4 Å². The lowest BCUT2D eigenvalue weighted by atomic mass is 10.1. The third-order valence-corrected chi connectivity index (χ3v) is 4.02. The number of nitrogens with two attached hydrogens (primary N) is 1. The molecule has 0 bridgehead atoms. The van der Waals surface area contributed by atoms with Crippen molar-refractivity contribution in [3.63, 3.8) is 0 Å². The maximum atomic E-state index is 11.9. The highest BCUT2D eigenvalue weighted by Crippen LogP contribution is 2.03. The maximum absolute atomic E-state index is 11.9. The smallest absolute Gasteiger partial charge is 0.326 e. The number of rotatable bonds is 16. The molecule has 0 saturated carbocycles. The first-order chi connectivity index (χ1) is 15.1. The van der Waals surface area contributed by atoms with Crippen molar-refractivity contribution in [2.75, 3.05) is 6.54 Å². The van der Waals surface area contributed by atoms with Crippen LogP contribution in [0.2, 0.25) is 0 Å². The van der Waals surface area contributed by atoms with E-state index in [0.29, 0.717) is 18.4 Å². The minimum atomic E-state index is -1.47. The van der Waals surface area contributed by atoms with Crippen molar-refractivity contribution in [3.05, 3.63) is 24.6 Å². The fourth-order valence-corrected chi connectivity index (χ4v) is 2.39. The zero-order valence-corrected chi connectivity index (χ0v) is 17.5. The molecule has 8 N–H and O–H groups in total. The molecule has 0 aliphatic rings. The summed E-state index contributed by atoms with van der Waals surface area (Å²) in [7, 11) is 0. The van der Waals surface area contributed by atoms with Gasteiger partial charge in [0.15, 0.2) is 0 Å². The molecule has 0 aromatic heterocycles. The first-order valence-electron chi connectivity index (χ1n) is 9.66. The molecule has 13 heteroatoms. The fraction of sp³-hybridized carbons (Fsp3) is 0.474. The number of hydrogen-bond donors (Lipinski definition) is 7. The SMILES string of the molecule is C=CN=C/C(=C\N)CC(=O)NCCCC[C@H](NC(=O)N[C@@H](CCC(=O)O)C(=O)O)C(=O)O. The molecule has 0 aliphatic carbocycles. The van der Waals surface area contributed by atoms with Crippen LogP contribution in [0.1, 0.15) is 38.5 Å². The minimum absolute atomic E-state index is 0.0138. The molecule has 0 aromatic rings. The monoisotopic (exact) mass is 455 g/mol. The van der Waals surface area contributed by atoms with Gasteiger partial charge in [0.2, 0.25) is 5.91 Å². The molecule has 0 spiro atoms. The fourth-order valence-electron chi connectivity index (χ4n) is 2.39. The summed E-state index contributed by atoms with van der Waals surface area (Å²) in [5, 5.41) is 33.7. The summed E-state index contributed by atoms with van der Waals surface area (Å²) in [5.41, 5.74) is 5.89. The van der Waals surface area contributed by atoms with Crippen LogP contribution in [0.15, 0.2) is 29.5 Å². The lowest BCUT2D eigenvalue weighted by Crippen LogP contribution is -2.51. The van der Waals surface area contributed by atoms with Gasteiger partial charge in [-0.25, -0.2) is 14.4 Å². The third kappa shape index (κ3) is 13.3. The molecule has 32 heavy (non-hydrogen) atoms. The van der Waals surface area contributed by atoms with Crippen molar-refractivity contribution < 1.29 is 39.3 Å². The van der Waals surface area contributed by atoms with E-state index in [2.05, 4.69) is 22.2 Å². The summed E-state index contributed by atoms with van der Waals surface area (Å²) < 4.78 is 0. The van der Waals surface area contributed by atoms with Crippen LogP contribution >= 0.6 is 0 Å². The lowest BCUT2D eigenvalue weighted by Gasteiger charge is -2.18. The molecular weight excluding hydrogens is 426 g/mol. The molecule has 0 radical (unpaired) electrons. The van der Waals surface area contributed by atoms with Gasteiger partial charge in [0.1, 0.15) is 12.1 Å². The highest BCUT2D eigenvalue weighted by molar-refractivity contribution is 5.89. The Morgan fingerprint density at radius 3 is 2.06 bits per heavy atom. The van der Waals surface area contributed by atoms with Crippen LogP contribution in [0.5, 0.6) is 0 Å². The Balaban J connectivity index is 4.43. The van der Waals surface area contributed by atoms with Crippen molar-refractivity contribution in [2.24, 2.45) is 10.7 Å². The number of carboxylic acid groups (broad SMARTS) is 3. The molecule has 0 saturated heterocycles. The number of hydrogen-bond acceptors (Lipinski definition) is 7. The zero-order valence-electron chi connectivity index (χ0n) is 17.5. The van der Waals surface area contributed by atoms with Gasteiger partial charge in [-0.05, 0) is 37.5 Å². The van der Waals surface area contributed by atoms with Gasteiger partial charge in [-0.3, -0.25) is 14.6 Å². The van der Waals surface area contributed by atoms with Gasteiger partial charge < -0.3 is 37.0 Å². The number of unbranched alkanes of at least 4 members (excludes halogenated alkanes) is 1. The van der Waals surface area contributed by atoms with Gasteiger partial charge in [-0.2, -0.15) is 0 Å². The molecule has 178 valence electrons. The van der Waals surface area contributed by atoms with Crippen molar-refractivity contribution in [3.8, 4) is 0 Å². The molecule has 0 rings (SSSR count). The second-order valence-electron chi connectivity index (χ2n) is 6.56.